The molecule has 4 nitrogen and oxygen atoms in total. The molecule has 0 aliphatic rings. The molecule has 0 unspecified atom stereocenters. The molecule has 2 aromatic rings. The summed E-state index contributed by atoms with van der Waals surface area (Å²) < 4.78 is 20.3. The Balaban J connectivity index is 2.55. The van der Waals surface area contributed by atoms with E-state index in [2.05, 4.69) is 5.10 Å². The van der Waals surface area contributed by atoms with Crippen molar-refractivity contribution in [3.05, 3.63) is 35.3 Å². The van der Waals surface area contributed by atoms with Gasteiger partial charge in [-0.25, -0.2) is 4.39 Å². The van der Waals surface area contributed by atoms with Crippen molar-refractivity contribution in [2.75, 3.05) is 7.11 Å². The molecule has 1 aromatic heterocycles. The van der Waals surface area contributed by atoms with E-state index in [-0.39, 0.29) is 11.6 Å². The van der Waals surface area contributed by atoms with Crippen LogP contribution in [0.3, 0.4) is 0 Å². The third-order valence-electron chi connectivity index (χ3n) is 3.00. The molecule has 1 heterocycles. The number of hydrogen-bond donors (Lipinski definition) is 1. The second-order valence-corrected chi connectivity index (χ2v) is 4.10. The number of hydrogen-bond acceptors (Lipinski definition) is 3. The molecule has 0 aliphatic heterocycles. The predicted octanol–water partition coefficient (Wildman–Crippen LogP) is 2.00. The summed E-state index contributed by atoms with van der Waals surface area (Å²) in [6, 6.07) is 4.87. The van der Waals surface area contributed by atoms with E-state index in [1.54, 1.807) is 10.7 Å². The highest BCUT2D eigenvalue weighted by atomic mass is 19.1. The van der Waals surface area contributed by atoms with Crippen LogP contribution in [0.25, 0.3) is 11.3 Å². The maximum atomic E-state index is 13.7. The second-order valence-electron chi connectivity index (χ2n) is 4.10. The smallest absolute Gasteiger partial charge is 0.165 e. The maximum absolute atomic E-state index is 13.7. The van der Waals surface area contributed by atoms with Crippen LogP contribution < -0.4 is 10.5 Å². The van der Waals surface area contributed by atoms with Gasteiger partial charge in [0.2, 0.25) is 0 Å². The van der Waals surface area contributed by atoms with E-state index >= 15 is 0 Å². The first-order valence-electron chi connectivity index (χ1n) is 5.65. The van der Waals surface area contributed by atoms with Crippen molar-refractivity contribution in [3.63, 3.8) is 0 Å². The zero-order chi connectivity index (χ0) is 13.3. The number of ether oxygens (including phenoxy) is 1. The topological polar surface area (TPSA) is 53.1 Å². The van der Waals surface area contributed by atoms with Crippen LogP contribution in [-0.4, -0.2) is 16.9 Å². The molecule has 0 atom stereocenters. The van der Waals surface area contributed by atoms with Gasteiger partial charge in [-0.1, -0.05) is 0 Å². The lowest BCUT2D eigenvalue weighted by Gasteiger charge is -2.07. The minimum absolute atomic E-state index is 0.234. The van der Waals surface area contributed by atoms with Gasteiger partial charge in [0.05, 0.1) is 18.5 Å². The van der Waals surface area contributed by atoms with Crippen LogP contribution in [0.5, 0.6) is 5.75 Å². The minimum atomic E-state index is -0.384. The predicted molar refractivity (Wildman–Crippen MR) is 67.8 cm³/mol. The summed E-state index contributed by atoms with van der Waals surface area (Å²) in [6.45, 7) is 2.31. The molecule has 0 bridgehead atoms. The average Bonchev–Trinajstić information content (AvgIpc) is 2.64. The monoisotopic (exact) mass is 249 g/mol. The Bertz CT molecular complexity index is 578. The van der Waals surface area contributed by atoms with E-state index in [0.29, 0.717) is 6.54 Å². The summed E-state index contributed by atoms with van der Waals surface area (Å²) in [5, 5.41) is 4.32. The molecule has 0 radical (unpaired) electrons. The van der Waals surface area contributed by atoms with Gasteiger partial charge in [0.15, 0.2) is 11.6 Å². The number of aromatic nitrogens is 2. The molecular formula is C13H16FN3O. The molecule has 0 aliphatic carbocycles. The molecule has 0 fully saturated rings. The van der Waals surface area contributed by atoms with Crippen molar-refractivity contribution in [2.45, 2.75) is 13.5 Å². The Kier molecular flexibility index (Phi) is 3.34. The molecule has 5 heteroatoms. The number of rotatable bonds is 3. The Morgan fingerprint density at radius 3 is 2.67 bits per heavy atom. The van der Waals surface area contributed by atoms with Crippen molar-refractivity contribution in [1.29, 1.82) is 0 Å². The quantitative estimate of drug-likeness (QED) is 0.905. The van der Waals surface area contributed by atoms with Crippen molar-refractivity contribution in [1.82, 2.24) is 9.78 Å². The second kappa shape index (κ2) is 4.78. The van der Waals surface area contributed by atoms with Crippen molar-refractivity contribution in [3.8, 4) is 17.0 Å². The number of benzene rings is 1. The number of aryl methyl sites for hydroxylation is 1. The lowest BCUT2D eigenvalue weighted by molar-refractivity contribution is 0.386. The van der Waals surface area contributed by atoms with Gasteiger partial charge in [-0.05, 0) is 30.7 Å². The fourth-order valence-corrected chi connectivity index (χ4v) is 2.10. The summed E-state index contributed by atoms with van der Waals surface area (Å²) in [6.07, 6.45) is 0. The minimum Gasteiger partial charge on any atom is -0.494 e. The molecule has 1 aromatic carbocycles. The maximum Gasteiger partial charge on any atom is 0.165 e. The lowest BCUT2D eigenvalue weighted by atomic mass is 10.1. The van der Waals surface area contributed by atoms with Crippen LogP contribution >= 0.6 is 0 Å². The first-order valence-corrected chi connectivity index (χ1v) is 5.65. The van der Waals surface area contributed by atoms with E-state index in [4.69, 9.17) is 10.5 Å². The van der Waals surface area contributed by atoms with Crippen LogP contribution in [0.1, 0.15) is 11.3 Å². The Morgan fingerprint density at radius 1 is 1.44 bits per heavy atom. The molecule has 0 saturated carbocycles. The number of nitrogens with zero attached hydrogens (tertiary/aromatic N) is 2. The normalized spacial score (nSPS) is 10.7. The van der Waals surface area contributed by atoms with Crippen molar-refractivity contribution < 1.29 is 9.13 Å². The van der Waals surface area contributed by atoms with Crippen LogP contribution in [0.2, 0.25) is 0 Å². The van der Waals surface area contributed by atoms with Crippen LogP contribution in [0.4, 0.5) is 4.39 Å². The van der Waals surface area contributed by atoms with Crippen molar-refractivity contribution in [2.24, 2.45) is 12.8 Å². The van der Waals surface area contributed by atoms with E-state index < -0.39 is 0 Å². The molecule has 0 spiro atoms. The number of halogens is 1. The highest BCUT2D eigenvalue weighted by Crippen LogP contribution is 2.28. The largest absolute Gasteiger partial charge is 0.494 e. The third-order valence-corrected chi connectivity index (χ3v) is 3.00. The van der Waals surface area contributed by atoms with E-state index in [0.717, 1.165) is 22.5 Å². The average molecular weight is 249 g/mol. The van der Waals surface area contributed by atoms with Crippen molar-refractivity contribution >= 4 is 0 Å². The van der Waals surface area contributed by atoms with Gasteiger partial charge in [0.1, 0.15) is 0 Å². The fourth-order valence-electron chi connectivity index (χ4n) is 2.10. The highest BCUT2D eigenvalue weighted by Gasteiger charge is 2.14. The lowest BCUT2D eigenvalue weighted by Crippen LogP contribution is -1.99. The van der Waals surface area contributed by atoms with Gasteiger partial charge in [-0.2, -0.15) is 5.10 Å². The van der Waals surface area contributed by atoms with Gasteiger partial charge < -0.3 is 10.5 Å². The standard InChI is InChI=1S/C13H16FN3O/c1-8-11(7-15)16-17(2)13(8)9-4-5-12(18-3)10(14)6-9/h4-6H,7,15H2,1-3H3. The van der Waals surface area contributed by atoms with Crippen LogP contribution in [0, 0.1) is 12.7 Å². The van der Waals surface area contributed by atoms with E-state index in [1.165, 1.54) is 13.2 Å². The Morgan fingerprint density at radius 2 is 2.17 bits per heavy atom. The SMILES string of the molecule is COc1ccc(-c2c(C)c(CN)nn2C)cc1F. The zero-order valence-electron chi connectivity index (χ0n) is 10.7. The Labute approximate surface area is 105 Å². The van der Waals surface area contributed by atoms with Crippen LogP contribution in [0.15, 0.2) is 18.2 Å². The summed E-state index contributed by atoms with van der Waals surface area (Å²) in [5.74, 6) is -0.150. The van der Waals surface area contributed by atoms with Crippen LogP contribution in [-0.2, 0) is 13.6 Å². The van der Waals surface area contributed by atoms with Gasteiger partial charge in [-0.15, -0.1) is 0 Å². The summed E-state index contributed by atoms with van der Waals surface area (Å²) in [4.78, 5) is 0. The molecule has 96 valence electrons. The third kappa shape index (κ3) is 1.97. The van der Waals surface area contributed by atoms with Gasteiger partial charge in [0.25, 0.3) is 0 Å². The molecule has 2 rings (SSSR count). The molecule has 0 saturated heterocycles. The van der Waals surface area contributed by atoms with E-state index in [1.807, 2.05) is 20.0 Å². The Hall–Kier alpha value is -1.88. The number of nitrogens with two attached hydrogens (primary N) is 1. The van der Waals surface area contributed by atoms with Gasteiger partial charge in [-0.3, -0.25) is 4.68 Å². The summed E-state index contributed by atoms with van der Waals surface area (Å²) in [5.41, 5.74) is 9.05. The first-order chi connectivity index (χ1) is 8.58. The zero-order valence-corrected chi connectivity index (χ0v) is 10.7. The summed E-state index contributed by atoms with van der Waals surface area (Å²) >= 11 is 0. The molecule has 2 N–H and O–H groups in total. The van der Waals surface area contributed by atoms with E-state index in [9.17, 15) is 4.39 Å². The molecular weight excluding hydrogens is 233 g/mol. The molecule has 18 heavy (non-hydrogen) atoms. The first kappa shape index (κ1) is 12.6. The summed E-state index contributed by atoms with van der Waals surface area (Å²) in [7, 11) is 3.27. The van der Waals surface area contributed by atoms with Gasteiger partial charge in [0, 0.05) is 19.2 Å². The number of methoxy groups -OCH3 is 1. The fraction of sp³-hybridized carbons (Fsp3) is 0.308. The highest BCUT2D eigenvalue weighted by molar-refractivity contribution is 5.65. The van der Waals surface area contributed by atoms with Gasteiger partial charge >= 0.3 is 0 Å². The molecule has 0 amide bonds.